The number of urea groups is 1. The fraction of sp³-hybridized carbons (Fsp3) is 0.174. The van der Waals surface area contributed by atoms with Crippen LogP contribution in [0.3, 0.4) is 0 Å². The number of pyridine rings is 1. The van der Waals surface area contributed by atoms with Crippen LogP contribution >= 0.6 is 0 Å². The van der Waals surface area contributed by atoms with Gasteiger partial charge in [-0.15, -0.1) is 0 Å². The Labute approximate surface area is 180 Å². The van der Waals surface area contributed by atoms with E-state index in [0.29, 0.717) is 28.5 Å². The molecule has 158 valence electrons. The second kappa shape index (κ2) is 7.64. The summed E-state index contributed by atoms with van der Waals surface area (Å²) in [6, 6.07) is 16.2. The second-order valence-electron chi connectivity index (χ2n) is 8.42. The summed E-state index contributed by atoms with van der Waals surface area (Å²) in [5.74, 6) is 0.406. The lowest BCUT2D eigenvalue weighted by atomic mass is 9.89. The van der Waals surface area contributed by atoms with Crippen LogP contribution in [-0.2, 0) is 5.41 Å². The molecule has 4 rings (SSSR count). The van der Waals surface area contributed by atoms with Gasteiger partial charge in [0, 0.05) is 28.2 Å². The molecule has 0 spiro atoms. The number of benzene rings is 2. The Kier molecular flexibility index (Phi) is 4.98. The minimum absolute atomic E-state index is 0.134. The van der Waals surface area contributed by atoms with E-state index < -0.39 is 0 Å². The zero-order valence-electron chi connectivity index (χ0n) is 17.7. The van der Waals surface area contributed by atoms with Gasteiger partial charge in [0.1, 0.15) is 0 Å². The van der Waals surface area contributed by atoms with Crippen LogP contribution in [0.5, 0.6) is 0 Å². The summed E-state index contributed by atoms with van der Waals surface area (Å²) in [7, 11) is 0. The molecule has 0 bridgehead atoms. The van der Waals surface area contributed by atoms with E-state index in [2.05, 4.69) is 46.6 Å². The summed E-state index contributed by atoms with van der Waals surface area (Å²) < 4.78 is 0. The Morgan fingerprint density at radius 1 is 0.935 bits per heavy atom. The third-order valence-electron chi connectivity index (χ3n) is 4.95. The van der Waals surface area contributed by atoms with E-state index in [-0.39, 0.29) is 11.4 Å². The summed E-state index contributed by atoms with van der Waals surface area (Å²) in [5.41, 5.74) is 17.1. The SMILES string of the molecule is CC(C)(C)c1cc(-c2ccc(NC(=O)Nc3ccc(N)cc3)cc2)c2c(N)n[nH]c2n1. The molecule has 0 unspecified atom stereocenters. The molecular formula is C23H25N7O. The highest BCUT2D eigenvalue weighted by atomic mass is 16.2. The van der Waals surface area contributed by atoms with E-state index in [1.165, 1.54) is 0 Å². The molecule has 2 aromatic carbocycles. The zero-order chi connectivity index (χ0) is 22.2. The van der Waals surface area contributed by atoms with E-state index in [0.717, 1.165) is 22.2 Å². The number of carbonyl (C=O) groups excluding carboxylic acids is 1. The number of hydrogen-bond donors (Lipinski definition) is 5. The fourth-order valence-electron chi connectivity index (χ4n) is 3.26. The van der Waals surface area contributed by atoms with Crippen LogP contribution in [-0.4, -0.2) is 21.2 Å². The van der Waals surface area contributed by atoms with Crippen LogP contribution in [0.1, 0.15) is 26.5 Å². The van der Waals surface area contributed by atoms with Gasteiger partial charge in [-0.25, -0.2) is 9.78 Å². The summed E-state index contributed by atoms with van der Waals surface area (Å²) in [4.78, 5) is 17.0. The number of nitrogens with zero attached hydrogens (tertiary/aromatic N) is 2. The Balaban J connectivity index is 1.59. The highest BCUT2D eigenvalue weighted by Gasteiger charge is 2.20. The number of aromatic amines is 1. The zero-order valence-corrected chi connectivity index (χ0v) is 17.7. The highest BCUT2D eigenvalue weighted by Crippen LogP contribution is 2.34. The van der Waals surface area contributed by atoms with Crippen LogP contribution in [0.2, 0.25) is 0 Å². The number of anilines is 4. The first-order valence-corrected chi connectivity index (χ1v) is 9.90. The van der Waals surface area contributed by atoms with Crippen LogP contribution in [0.15, 0.2) is 54.6 Å². The van der Waals surface area contributed by atoms with Crippen molar-refractivity contribution in [2.75, 3.05) is 22.1 Å². The van der Waals surface area contributed by atoms with Crippen molar-refractivity contribution >= 4 is 39.9 Å². The van der Waals surface area contributed by atoms with Gasteiger partial charge in [0.05, 0.1) is 5.39 Å². The van der Waals surface area contributed by atoms with Gasteiger partial charge in [0.2, 0.25) is 0 Å². The van der Waals surface area contributed by atoms with Crippen molar-refractivity contribution < 1.29 is 4.79 Å². The Morgan fingerprint density at radius 3 is 2.10 bits per heavy atom. The van der Waals surface area contributed by atoms with Crippen LogP contribution in [0, 0.1) is 0 Å². The first kappa shape index (κ1) is 20.2. The number of H-pyrrole nitrogens is 1. The minimum Gasteiger partial charge on any atom is -0.399 e. The van der Waals surface area contributed by atoms with E-state index in [1.807, 2.05) is 30.3 Å². The third-order valence-corrected chi connectivity index (χ3v) is 4.95. The Hall–Kier alpha value is -4.07. The van der Waals surface area contributed by atoms with Crippen molar-refractivity contribution in [2.45, 2.75) is 26.2 Å². The minimum atomic E-state index is -0.335. The molecule has 0 aliphatic heterocycles. The van der Waals surface area contributed by atoms with Crippen molar-refractivity contribution in [1.29, 1.82) is 0 Å². The van der Waals surface area contributed by atoms with Gasteiger partial charge < -0.3 is 22.1 Å². The molecule has 0 saturated heterocycles. The number of nitrogen functional groups attached to an aromatic ring is 2. The van der Waals surface area contributed by atoms with Crippen LogP contribution in [0.25, 0.3) is 22.2 Å². The van der Waals surface area contributed by atoms with E-state index >= 15 is 0 Å². The first-order valence-electron chi connectivity index (χ1n) is 9.90. The lowest BCUT2D eigenvalue weighted by Gasteiger charge is -2.19. The van der Waals surface area contributed by atoms with Crippen molar-refractivity contribution in [1.82, 2.24) is 15.2 Å². The van der Waals surface area contributed by atoms with Gasteiger partial charge in [-0.3, -0.25) is 5.10 Å². The lowest BCUT2D eigenvalue weighted by Crippen LogP contribution is -2.19. The smallest absolute Gasteiger partial charge is 0.323 e. The molecule has 7 N–H and O–H groups in total. The quantitative estimate of drug-likeness (QED) is 0.308. The number of rotatable bonds is 3. The Morgan fingerprint density at radius 2 is 1.52 bits per heavy atom. The van der Waals surface area contributed by atoms with Crippen molar-refractivity contribution in [2.24, 2.45) is 0 Å². The summed E-state index contributed by atoms with van der Waals surface area (Å²) >= 11 is 0. The molecule has 0 saturated carbocycles. The number of nitrogens with one attached hydrogen (secondary N) is 3. The van der Waals surface area contributed by atoms with E-state index in [1.54, 1.807) is 24.3 Å². The van der Waals surface area contributed by atoms with Crippen LogP contribution in [0.4, 0.5) is 27.7 Å². The molecule has 31 heavy (non-hydrogen) atoms. The number of fused-ring (bicyclic) bond motifs is 1. The Bertz CT molecular complexity index is 1240. The van der Waals surface area contributed by atoms with Crippen molar-refractivity contribution in [3.63, 3.8) is 0 Å². The number of amides is 2. The molecule has 2 aromatic heterocycles. The average molecular weight is 416 g/mol. The second-order valence-corrected chi connectivity index (χ2v) is 8.42. The number of nitrogens with two attached hydrogens (primary N) is 2. The third kappa shape index (κ3) is 4.28. The predicted molar refractivity (Wildman–Crippen MR) is 126 cm³/mol. The largest absolute Gasteiger partial charge is 0.399 e. The standard InChI is InChI=1S/C23H25N7O/c1-23(2,3)18-12-17(19-20(25)29-30-21(19)28-18)13-4-8-15(9-5-13)26-22(31)27-16-10-6-14(24)7-11-16/h4-12H,24H2,1-3H3,(H2,26,27,31)(H3,25,28,29,30). The fourth-order valence-corrected chi connectivity index (χ4v) is 3.26. The van der Waals surface area contributed by atoms with Crippen molar-refractivity contribution in [3.05, 3.63) is 60.3 Å². The average Bonchev–Trinajstić information content (AvgIpc) is 3.10. The van der Waals surface area contributed by atoms with Gasteiger partial charge in [0.15, 0.2) is 11.5 Å². The number of carbonyl (C=O) groups is 1. The monoisotopic (exact) mass is 415 g/mol. The highest BCUT2D eigenvalue weighted by molar-refractivity contribution is 6.01. The van der Waals surface area contributed by atoms with Gasteiger partial charge in [-0.05, 0) is 53.6 Å². The molecule has 0 fully saturated rings. The maximum atomic E-state index is 12.3. The van der Waals surface area contributed by atoms with Crippen molar-refractivity contribution in [3.8, 4) is 11.1 Å². The molecule has 0 atom stereocenters. The molecule has 0 radical (unpaired) electrons. The van der Waals surface area contributed by atoms with E-state index in [9.17, 15) is 4.79 Å². The van der Waals surface area contributed by atoms with Gasteiger partial charge >= 0.3 is 6.03 Å². The predicted octanol–water partition coefficient (Wildman–Crippen LogP) is 4.73. The summed E-state index contributed by atoms with van der Waals surface area (Å²) in [5, 5.41) is 13.4. The molecule has 0 aliphatic rings. The van der Waals surface area contributed by atoms with Gasteiger partial charge in [0.25, 0.3) is 0 Å². The summed E-state index contributed by atoms with van der Waals surface area (Å²) in [6.45, 7) is 6.33. The molecule has 8 nitrogen and oxygen atoms in total. The lowest BCUT2D eigenvalue weighted by molar-refractivity contribution is 0.262. The molecule has 0 aliphatic carbocycles. The molecular weight excluding hydrogens is 390 g/mol. The van der Waals surface area contributed by atoms with E-state index in [4.69, 9.17) is 11.5 Å². The normalized spacial score (nSPS) is 11.5. The molecule has 2 heterocycles. The molecule has 4 aromatic rings. The number of aromatic nitrogens is 3. The first-order chi connectivity index (χ1) is 14.7. The number of hydrogen-bond acceptors (Lipinski definition) is 5. The maximum Gasteiger partial charge on any atom is 0.323 e. The van der Waals surface area contributed by atoms with Gasteiger partial charge in [-0.2, -0.15) is 5.10 Å². The molecule has 8 heteroatoms. The maximum absolute atomic E-state index is 12.3. The molecule has 2 amide bonds. The summed E-state index contributed by atoms with van der Waals surface area (Å²) in [6.07, 6.45) is 0. The topological polar surface area (TPSA) is 135 Å². The van der Waals surface area contributed by atoms with Crippen LogP contribution < -0.4 is 22.1 Å². The van der Waals surface area contributed by atoms with Gasteiger partial charge in [-0.1, -0.05) is 32.9 Å².